The number of imidazole rings is 1. The van der Waals surface area contributed by atoms with Crippen LogP contribution in [-0.2, 0) is 0 Å². The van der Waals surface area contributed by atoms with E-state index in [1.807, 2.05) is 18.5 Å². The number of anilines is 1. The highest BCUT2D eigenvalue weighted by Crippen LogP contribution is 2.43. The molecule has 24 heavy (non-hydrogen) atoms. The number of fused-ring (bicyclic) bond motifs is 5. The second-order valence-electron chi connectivity index (χ2n) is 6.08. The molecule has 1 aliphatic rings. The lowest BCUT2D eigenvalue weighted by molar-refractivity contribution is 0.581. The fourth-order valence-electron chi connectivity index (χ4n) is 3.67. The molecule has 0 unspecified atom stereocenters. The van der Waals surface area contributed by atoms with Gasteiger partial charge in [0.25, 0.3) is 0 Å². The van der Waals surface area contributed by atoms with Crippen LogP contribution >= 0.6 is 0 Å². The normalized spacial score (nSPS) is 16.0. The summed E-state index contributed by atoms with van der Waals surface area (Å²) in [6, 6.07) is 20.9. The number of nitrogens with zero attached hydrogens (tertiary/aromatic N) is 4. The van der Waals surface area contributed by atoms with Crippen molar-refractivity contribution < 1.29 is 0 Å². The van der Waals surface area contributed by atoms with E-state index in [1.165, 1.54) is 16.8 Å². The van der Waals surface area contributed by atoms with E-state index >= 15 is 0 Å². The third-order valence-corrected chi connectivity index (χ3v) is 4.74. The van der Waals surface area contributed by atoms with E-state index in [1.54, 1.807) is 0 Å². The van der Waals surface area contributed by atoms with Gasteiger partial charge in [-0.25, -0.2) is 4.98 Å². The molecule has 4 heteroatoms. The Morgan fingerprint density at radius 2 is 1.62 bits per heavy atom. The average molecular weight is 312 g/mol. The highest BCUT2D eigenvalue weighted by molar-refractivity contribution is 5.87. The van der Waals surface area contributed by atoms with E-state index < -0.39 is 0 Å². The highest BCUT2D eigenvalue weighted by Gasteiger charge is 2.31. The molecule has 0 spiro atoms. The van der Waals surface area contributed by atoms with Crippen molar-refractivity contribution >= 4 is 16.7 Å². The Bertz CT molecular complexity index is 1040. The summed E-state index contributed by atoms with van der Waals surface area (Å²) in [6.07, 6.45) is 3.76. The van der Waals surface area contributed by atoms with E-state index in [0.717, 1.165) is 16.9 Å². The topological polar surface area (TPSA) is 34.0 Å². The zero-order valence-corrected chi connectivity index (χ0v) is 13.3. The smallest absolute Gasteiger partial charge is 0.145 e. The molecule has 0 N–H and O–H groups in total. The number of rotatable bonds is 1. The fourth-order valence-corrected chi connectivity index (χ4v) is 3.67. The minimum atomic E-state index is 0.0605. The lowest BCUT2D eigenvalue weighted by atomic mass is 10.0. The Kier molecular flexibility index (Phi) is 2.73. The van der Waals surface area contributed by atoms with Gasteiger partial charge >= 0.3 is 0 Å². The number of pyridine rings is 1. The van der Waals surface area contributed by atoms with Gasteiger partial charge in [0.05, 0.1) is 11.0 Å². The van der Waals surface area contributed by atoms with Gasteiger partial charge in [-0.1, -0.05) is 24.3 Å². The Hall–Kier alpha value is -3.14. The zero-order chi connectivity index (χ0) is 16.1. The Labute approximate surface area is 140 Å². The summed E-state index contributed by atoms with van der Waals surface area (Å²) in [5.41, 5.74) is 5.74. The molecule has 0 fully saturated rings. The molecule has 0 radical (unpaired) electrons. The maximum atomic E-state index is 4.93. The molecule has 0 saturated heterocycles. The largest absolute Gasteiger partial charge is 0.350 e. The molecule has 4 aromatic rings. The predicted octanol–water partition coefficient (Wildman–Crippen LogP) is 4.10. The Morgan fingerprint density at radius 3 is 2.50 bits per heavy atom. The van der Waals surface area contributed by atoms with Crippen LogP contribution in [0.25, 0.3) is 22.4 Å². The maximum absolute atomic E-state index is 4.93. The molecule has 116 valence electrons. The van der Waals surface area contributed by atoms with Crippen LogP contribution in [0.4, 0.5) is 5.69 Å². The third-order valence-electron chi connectivity index (χ3n) is 4.74. The molecule has 4 nitrogen and oxygen atoms in total. The first kappa shape index (κ1) is 13.3. The van der Waals surface area contributed by atoms with Gasteiger partial charge < -0.3 is 4.90 Å². The summed E-state index contributed by atoms with van der Waals surface area (Å²) in [5, 5.41) is 0. The number of para-hydroxylation sites is 3. The number of benzene rings is 2. The van der Waals surface area contributed by atoms with Gasteiger partial charge in [-0.15, -0.1) is 0 Å². The van der Waals surface area contributed by atoms with Crippen molar-refractivity contribution in [3.05, 3.63) is 78.6 Å². The van der Waals surface area contributed by atoms with Crippen molar-refractivity contribution in [2.45, 2.75) is 6.17 Å². The minimum absolute atomic E-state index is 0.0605. The maximum Gasteiger partial charge on any atom is 0.145 e. The summed E-state index contributed by atoms with van der Waals surface area (Å²) in [7, 11) is 2.14. The first-order valence-electron chi connectivity index (χ1n) is 8.04. The van der Waals surface area contributed by atoms with Crippen LogP contribution < -0.4 is 4.90 Å². The van der Waals surface area contributed by atoms with Crippen LogP contribution in [0.1, 0.15) is 11.7 Å². The molecule has 0 bridgehead atoms. The summed E-state index contributed by atoms with van der Waals surface area (Å²) >= 11 is 0. The molecule has 3 heterocycles. The molecule has 5 rings (SSSR count). The summed E-state index contributed by atoms with van der Waals surface area (Å²) in [5.74, 6) is 1.02. The van der Waals surface area contributed by atoms with Gasteiger partial charge in [-0.2, -0.15) is 0 Å². The SMILES string of the molecule is CN1c2ccccc2-c2nc3ccccc3n2[C@@H]1c1ccncc1. The van der Waals surface area contributed by atoms with Gasteiger partial charge in [0.1, 0.15) is 12.0 Å². The first-order valence-corrected chi connectivity index (χ1v) is 8.04. The summed E-state index contributed by atoms with van der Waals surface area (Å²) in [4.78, 5) is 11.4. The monoisotopic (exact) mass is 312 g/mol. The van der Waals surface area contributed by atoms with Gasteiger partial charge in [-0.05, 0) is 42.0 Å². The second kappa shape index (κ2) is 4.93. The summed E-state index contributed by atoms with van der Waals surface area (Å²) < 4.78 is 2.33. The van der Waals surface area contributed by atoms with E-state index in [2.05, 4.69) is 76.1 Å². The van der Waals surface area contributed by atoms with E-state index in [0.29, 0.717) is 0 Å². The van der Waals surface area contributed by atoms with Gasteiger partial charge in [-0.3, -0.25) is 9.55 Å². The molecular weight excluding hydrogens is 296 g/mol. The first-order chi connectivity index (χ1) is 11.8. The lowest BCUT2D eigenvalue weighted by Gasteiger charge is -2.38. The fraction of sp³-hybridized carbons (Fsp3) is 0.100. The van der Waals surface area contributed by atoms with Gasteiger partial charge in [0.2, 0.25) is 0 Å². The van der Waals surface area contributed by atoms with E-state index in [-0.39, 0.29) is 6.17 Å². The Balaban J connectivity index is 1.89. The van der Waals surface area contributed by atoms with Crippen molar-refractivity contribution in [1.82, 2.24) is 14.5 Å². The number of hydrogen-bond acceptors (Lipinski definition) is 3. The van der Waals surface area contributed by atoms with Crippen molar-refractivity contribution in [1.29, 1.82) is 0 Å². The van der Waals surface area contributed by atoms with Crippen molar-refractivity contribution in [2.75, 3.05) is 11.9 Å². The van der Waals surface area contributed by atoms with Crippen LogP contribution in [-0.4, -0.2) is 21.6 Å². The van der Waals surface area contributed by atoms with E-state index in [9.17, 15) is 0 Å². The van der Waals surface area contributed by atoms with Gasteiger partial charge in [0.15, 0.2) is 0 Å². The lowest BCUT2D eigenvalue weighted by Crippen LogP contribution is -2.34. The second-order valence-corrected chi connectivity index (χ2v) is 6.08. The van der Waals surface area contributed by atoms with Crippen molar-refractivity contribution in [3.8, 4) is 11.4 Å². The molecule has 1 aliphatic heterocycles. The van der Waals surface area contributed by atoms with Crippen LogP contribution in [0.15, 0.2) is 73.1 Å². The highest BCUT2D eigenvalue weighted by atomic mass is 15.3. The third kappa shape index (κ3) is 1.74. The van der Waals surface area contributed by atoms with E-state index in [4.69, 9.17) is 4.98 Å². The molecule has 0 amide bonds. The zero-order valence-electron chi connectivity index (χ0n) is 13.3. The summed E-state index contributed by atoms with van der Waals surface area (Å²) in [6.45, 7) is 0. The molecule has 2 aromatic heterocycles. The van der Waals surface area contributed by atoms with Crippen molar-refractivity contribution in [2.24, 2.45) is 0 Å². The molecular formula is C20H16N4. The van der Waals surface area contributed by atoms with Crippen LogP contribution in [0.3, 0.4) is 0 Å². The predicted molar refractivity (Wildman–Crippen MR) is 95.9 cm³/mol. The minimum Gasteiger partial charge on any atom is -0.350 e. The van der Waals surface area contributed by atoms with Crippen LogP contribution in [0, 0.1) is 0 Å². The average Bonchev–Trinajstić information content (AvgIpc) is 3.03. The molecule has 0 aliphatic carbocycles. The quantitative estimate of drug-likeness (QED) is 0.531. The Morgan fingerprint density at radius 1 is 0.875 bits per heavy atom. The molecule has 1 atom stereocenters. The van der Waals surface area contributed by atoms with Gasteiger partial charge in [0, 0.05) is 30.7 Å². The van der Waals surface area contributed by atoms with Crippen molar-refractivity contribution in [3.63, 3.8) is 0 Å². The number of aromatic nitrogens is 3. The number of hydrogen-bond donors (Lipinski definition) is 0. The molecule has 0 saturated carbocycles. The van der Waals surface area contributed by atoms with Crippen LogP contribution in [0.5, 0.6) is 0 Å². The molecule has 2 aromatic carbocycles. The standard InChI is InChI=1S/C20H16N4/c1-23-17-8-4-2-6-15(17)19-22-16-7-3-5-9-18(16)24(19)20(23)14-10-12-21-13-11-14/h2-13,20H,1H3/t20-/m1/s1. The van der Waals surface area contributed by atoms with Crippen LogP contribution in [0.2, 0.25) is 0 Å².